The number of hydrogen-bond acceptors (Lipinski definition) is 5. The van der Waals surface area contributed by atoms with Crippen LogP contribution in [0.25, 0.3) is 0 Å². The number of halogens is 1. The molecule has 0 aliphatic rings. The number of nitriles is 1. The summed E-state index contributed by atoms with van der Waals surface area (Å²) in [5.41, 5.74) is 0.845. The molecule has 130 valence electrons. The van der Waals surface area contributed by atoms with Crippen LogP contribution in [0.5, 0.6) is 5.88 Å². The van der Waals surface area contributed by atoms with Gasteiger partial charge in [0.1, 0.15) is 11.6 Å². The number of rotatable bonds is 6. The summed E-state index contributed by atoms with van der Waals surface area (Å²) in [5.74, 6) is -0.213. The number of aliphatic imine (C=N–C) groups is 1. The van der Waals surface area contributed by atoms with Crippen LogP contribution in [0.3, 0.4) is 0 Å². The van der Waals surface area contributed by atoms with E-state index in [4.69, 9.17) is 16.3 Å². The molecule has 25 heavy (non-hydrogen) atoms. The predicted molar refractivity (Wildman–Crippen MR) is 97.0 cm³/mol. The Kier molecular flexibility index (Phi) is 6.34. The predicted octanol–water partition coefficient (Wildman–Crippen LogP) is 3.17. The van der Waals surface area contributed by atoms with Crippen LogP contribution in [0.1, 0.15) is 23.1 Å². The lowest BCUT2D eigenvalue weighted by molar-refractivity contribution is 0.188. The summed E-state index contributed by atoms with van der Waals surface area (Å²) in [4.78, 5) is 16.7. The van der Waals surface area contributed by atoms with E-state index in [1.807, 2.05) is 6.07 Å². The second-order valence-corrected chi connectivity index (χ2v) is 5.82. The lowest BCUT2D eigenvalue weighted by Gasteiger charge is -2.13. The molecule has 0 aliphatic carbocycles. The standard InChI is InChI=1S/C18H18ClN3O3/c1-12-15(10-20)17(23)22(8-3-9-25-2)18(24)16(12)11-21-14-6-4-13(19)5-7-14/h4-7,11,24H,3,8-9H2,1-2H3. The van der Waals surface area contributed by atoms with E-state index in [-0.39, 0.29) is 18.0 Å². The number of aromatic hydroxyl groups is 1. The van der Waals surface area contributed by atoms with E-state index in [0.29, 0.717) is 34.9 Å². The van der Waals surface area contributed by atoms with Gasteiger partial charge in [-0.15, -0.1) is 0 Å². The molecule has 6 nitrogen and oxygen atoms in total. The van der Waals surface area contributed by atoms with Gasteiger partial charge in [-0.2, -0.15) is 5.26 Å². The molecule has 0 amide bonds. The summed E-state index contributed by atoms with van der Waals surface area (Å²) in [6.07, 6.45) is 1.98. The van der Waals surface area contributed by atoms with Gasteiger partial charge < -0.3 is 9.84 Å². The Bertz CT molecular complexity index is 880. The van der Waals surface area contributed by atoms with Crippen LogP contribution in [-0.2, 0) is 11.3 Å². The zero-order valence-electron chi connectivity index (χ0n) is 14.0. The highest BCUT2D eigenvalue weighted by Gasteiger charge is 2.17. The zero-order valence-corrected chi connectivity index (χ0v) is 14.7. The molecule has 1 heterocycles. The molecule has 1 aromatic heterocycles. The Hall–Kier alpha value is -2.62. The largest absolute Gasteiger partial charge is 0.494 e. The van der Waals surface area contributed by atoms with Gasteiger partial charge >= 0.3 is 0 Å². The molecule has 0 fully saturated rings. The first-order valence-electron chi connectivity index (χ1n) is 7.64. The molecule has 0 unspecified atom stereocenters. The summed E-state index contributed by atoms with van der Waals surface area (Å²) >= 11 is 5.84. The van der Waals surface area contributed by atoms with Crippen molar-refractivity contribution in [1.82, 2.24) is 4.57 Å². The van der Waals surface area contributed by atoms with Crippen LogP contribution in [0.4, 0.5) is 5.69 Å². The van der Waals surface area contributed by atoms with Crippen LogP contribution in [0.15, 0.2) is 34.1 Å². The first kappa shape index (κ1) is 18.7. The molecule has 0 spiro atoms. The number of pyridine rings is 1. The van der Waals surface area contributed by atoms with Crippen molar-refractivity contribution in [3.8, 4) is 11.9 Å². The van der Waals surface area contributed by atoms with Gasteiger partial charge in [-0.25, -0.2) is 0 Å². The summed E-state index contributed by atoms with van der Waals surface area (Å²) in [6, 6.07) is 8.77. The van der Waals surface area contributed by atoms with Crippen molar-refractivity contribution >= 4 is 23.5 Å². The molecule has 7 heteroatoms. The maximum Gasteiger partial charge on any atom is 0.271 e. The molecule has 1 N–H and O–H groups in total. The van der Waals surface area contributed by atoms with Gasteiger partial charge in [0, 0.05) is 31.5 Å². The maximum atomic E-state index is 12.4. The molecule has 0 saturated carbocycles. The van der Waals surface area contributed by atoms with Gasteiger partial charge in [0.25, 0.3) is 5.56 Å². The minimum Gasteiger partial charge on any atom is -0.494 e. The average molecular weight is 360 g/mol. The summed E-state index contributed by atoms with van der Waals surface area (Å²) < 4.78 is 6.14. The Balaban J connectivity index is 2.49. The van der Waals surface area contributed by atoms with E-state index in [2.05, 4.69) is 4.99 Å². The van der Waals surface area contributed by atoms with Gasteiger partial charge in [0.15, 0.2) is 0 Å². The van der Waals surface area contributed by atoms with Crippen LogP contribution in [0.2, 0.25) is 5.02 Å². The number of hydrogen-bond donors (Lipinski definition) is 1. The number of ether oxygens (including phenoxy) is 1. The van der Waals surface area contributed by atoms with E-state index in [9.17, 15) is 15.2 Å². The summed E-state index contributed by atoms with van der Waals surface area (Å²) in [6.45, 7) is 2.30. The lowest BCUT2D eigenvalue weighted by atomic mass is 10.1. The summed E-state index contributed by atoms with van der Waals surface area (Å²) in [7, 11) is 1.56. The Morgan fingerprint density at radius 1 is 1.40 bits per heavy atom. The van der Waals surface area contributed by atoms with Crippen molar-refractivity contribution in [3.63, 3.8) is 0 Å². The minimum absolute atomic E-state index is 0.00669. The third-order valence-corrected chi connectivity index (χ3v) is 4.00. The van der Waals surface area contributed by atoms with Crippen molar-refractivity contribution in [3.05, 3.63) is 56.3 Å². The van der Waals surface area contributed by atoms with E-state index in [0.717, 1.165) is 0 Å². The molecule has 0 atom stereocenters. The van der Waals surface area contributed by atoms with Crippen molar-refractivity contribution < 1.29 is 9.84 Å². The quantitative estimate of drug-likeness (QED) is 0.633. The fourth-order valence-electron chi connectivity index (χ4n) is 2.37. The van der Waals surface area contributed by atoms with Gasteiger partial charge in [-0.3, -0.25) is 14.4 Å². The number of benzene rings is 1. The third-order valence-electron chi connectivity index (χ3n) is 3.75. The molecule has 0 bridgehead atoms. The second kappa shape index (κ2) is 8.47. The molecule has 2 aromatic rings. The monoisotopic (exact) mass is 359 g/mol. The Labute approximate surface area is 150 Å². The molecule has 0 radical (unpaired) electrons. The fourth-order valence-corrected chi connectivity index (χ4v) is 2.49. The smallest absolute Gasteiger partial charge is 0.271 e. The van der Waals surface area contributed by atoms with Crippen LogP contribution in [-0.4, -0.2) is 29.6 Å². The van der Waals surface area contributed by atoms with Crippen LogP contribution < -0.4 is 5.56 Å². The van der Waals surface area contributed by atoms with Crippen molar-refractivity contribution in [2.75, 3.05) is 13.7 Å². The summed E-state index contributed by atoms with van der Waals surface area (Å²) in [5, 5.41) is 20.4. The van der Waals surface area contributed by atoms with Crippen molar-refractivity contribution in [2.45, 2.75) is 19.9 Å². The highest BCUT2D eigenvalue weighted by Crippen LogP contribution is 2.22. The molecule has 1 aromatic carbocycles. The first-order chi connectivity index (χ1) is 12.0. The minimum atomic E-state index is -0.516. The Morgan fingerprint density at radius 2 is 2.08 bits per heavy atom. The number of methoxy groups -OCH3 is 1. The van der Waals surface area contributed by atoms with Crippen molar-refractivity contribution in [1.29, 1.82) is 5.26 Å². The number of aromatic nitrogens is 1. The van der Waals surface area contributed by atoms with Gasteiger partial charge in [-0.1, -0.05) is 11.6 Å². The van der Waals surface area contributed by atoms with Gasteiger partial charge in [0.2, 0.25) is 5.88 Å². The highest BCUT2D eigenvalue weighted by molar-refractivity contribution is 6.30. The molecule has 2 rings (SSSR count). The lowest BCUT2D eigenvalue weighted by Crippen LogP contribution is -2.26. The highest BCUT2D eigenvalue weighted by atomic mass is 35.5. The normalized spacial score (nSPS) is 11.0. The van der Waals surface area contributed by atoms with E-state index in [1.54, 1.807) is 38.3 Å². The molecule has 0 saturated heterocycles. The van der Waals surface area contributed by atoms with E-state index in [1.165, 1.54) is 10.8 Å². The zero-order chi connectivity index (χ0) is 18.4. The second-order valence-electron chi connectivity index (χ2n) is 5.39. The molecular weight excluding hydrogens is 342 g/mol. The third kappa shape index (κ3) is 4.27. The first-order valence-corrected chi connectivity index (χ1v) is 8.02. The van der Waals surface area contributed by atoms with Crippen molar-refractivity contribution in [2.24, 2.45) is 4.99 Å². The van der Waals surface area contributed by atoms with E-state index < -0.39 is 5.56 Å². The van der Waals surface area contributed by atoms with Crippen LogP contribution >= 0.6 is 11.6 Å². The fraction of sp³-hybridized carbons (Fsp3) is 0.278. The topological polar surface area (TPSA) is 87.6 Å². The molecule has 0 aliphatic heterocycles. The van der Waals surface area contributed by atoms with Gasteiger partial charge in [-0.05, 0) is 43.2 Å². The van der Waals surface area contributed by atoms with E-state index >= 15 is 0 Å². The number of nitrogens with zero attached hydrogens (tertiary/aromatic N) is 3. The molecular formula is C18H18ClN3O3. The SMILES string of the molecule is COCCCn1c(O)c(C=Nc2ccc(Cl)cc2)c(C)c(C#N)c1=O. The van der Waals surface area contributed by atoms with Gasteiger partial charge in [0.05, 0.1) is 11.3 Å². The van der Waals surface area contributed by atoms with Crippen LogP contribution in [0, 0.1) is 18.3 Å². The Morgan fingerprint density at radius 3 is 2.68 bits per heavy atom. The average Bonchev–Trinajstić information content (AvgIpc) is 2.60. The maximum absolute atomic E-state index is 12.4.